The molecule has 2 saturated heterocycles. The standard InChI is InChI=1S/C23H30O8/c1-3-4-5-6-7-8-17(25)13-20(26)29-19-14-28-23(15-24)21(19)30-22(31-23)16-9-11-18(27-2)12-10-16/h3,9-12,19,21-22,24H,1,4-8,13-15H2,2H3/t19-,21+,22?,23+/m1/s1. The number of methoxy groups -OCH3 is 1. The van der Waals surface area contributed by atoms with E-state index in [-0.39, 0.29) is 18.8 Å². The van der Waals surface area contributed by atoms with Crippen molar-refractivity contribution in [2.45, 2.75) is 62.8 Å². The molecule has 0 radical (unpaired) electrons. The van der Waals surface area contributed by atoms with E-state index < -0.39 is 36.9 Å². The molecule has 3 rings (SSSR count). The number of benzene rings is 1. The lowest BCUT2D eigenvalue weighted by molar-refractivity contribution is -0.231. The van der Waals surface area contributed by atoms with Gasteiger partial charge >= 0.3 is 5.97 Å². The predicted octanol–water partition coefficient (Wildman–Crippen LogP) is 2.84. The van der Waals surface area contributed by atoms with E-state index >= 15 is 0 Å². The zero-order valence-corrected chi connectivity index (χ0v) is 17.8. The van der Waals surface area contributed by atoms with Gasteiger partial charge in [0.05, 0.1) is 13.7 Å². The summed E-state index contributed by atoms with van der Waals surface area (Å²) in [7, 11) is 1.57. The van der Waals surface area contributed by atoms with Gasteiger partial charge in [-0.3, -0.25) is 9.59 Å². The molecule has 1 unspecified atom stereocenters. The van der Waals surface area contributed by atoms with Crippen LogP contribution in [-0.2, 0) is 28.5 Å². The van der Waals surface area contributed by atoms with Crippen molar-refractivity contribution >= 4 is 11.8 Å². The molecule has 2 heterocycles. The first kappa shape index (κ1) is 23.4. The number of allylic oxidation sites excluding steroid dienone is 1. The van der Waals surface area contributed by atoms with Crippen LogP contribution in [-0.4, -0.2) is 55.2 Å². The molecule has 0 saturated carbocycles. The van der Waals surface area contributed by atoms with E-state index in [0.29, 0.717) is 17.7 Å². The maximum atomic E-state index is 12.3. The third kappa shape index (κ3) is 5.71. The van der Waals surface area contributed by atoms with Crippen LogP contribution in [0.3, 0.4) is 0 Å². The lowest BCUT2D eigenvalue weighted by atomic mass is 10.1. The molecule has 8 heteroatoms. The highest BCUT2D eigenvalue weighted by atomic mass is 16.8. The molecule has 31 heavy (non-hydrogen) atoms. The van der Waals surface area contributed by atoms with Crippen molar-refractivity contribution in [3.63, 3.8) is 0 Å². The number of aliphatic hydroxyl groups is 1. The number of fused-ring (bicyclic) bond motifs is 1. The van der Waals surface area contributed by atoms with Gasteiger partial charge in [0, 0.05) is 12.0 Å². The fourth-order valence-corrected chi connectivity index (χ4v) is 3.73. The van der Waals surface area contributed by atoms with Crippen molar-refractivity contribution in [3.8, 4) is 5.75 Å². The minimum Gasteiger partial charge on any atom is -0.497 e. The molecule has 170 valence electrons. The molecule has 0 aromatic heterocycles. The summed E-state index contributed by atoms with van der Waals surface area (Å²) in [5, 5.41) is 9.88. The van der Waals surface area contributed by atoms with Gasteiger partial charge in [-0.1, -0.05) is 24.6 Å². The topological polar surface area (TPSA) is 101 Å². The Morgan fingerprint density at radius 2 is 2.03 bits per heavy atom. The molecule has 1 N–H and O–H groups in total. The second kappa shape index (κ2) is 10.9. The SMILES string of the molecule is C=CCCCCCC(=O)CC(=O)O[C@@H]1CO[C@@]2(CO)OC(c3ccc(OC)cc3)O[C@@H]12. The van der Waals surface area contributed by atoms with Crippen molar-refractivity contribution in [2.75, 3.05) is 20.3 Å². The second-order valence-corrected chi connectivity index (χ2v) is 7.69. The first-order valence-electron chi connectivity index (χ1n) is 10.6. The highest BCUT2D eigenvalue weighted by Gasteiger charge is 2.60. The van der Waals surface area contributed by atoms with Crippen molar-refractivity contribution in [2.24, 2.45) is 0 Å². The summed E-state index contributed by atoms with van der Waals surface area (Å²) in [5.41, 5.74) is 0.711. The van der Waals surface area contributed by atoms with Gasteiger partial charge in [-0.2, -0.15) is 0 Å². The maximum absolute atomic E-state index is 12.3. The van der Waals surface area contributed by atoms with Crippen LogP contribution in [0.2, 0.25) is 0 Å². The Bertz CT molecular complexity index is 761. The molecule has 2 fully saturated rings. The predicted molar refractivity (Wildman–Crippen MR) is 110 cm³/mol. The van der Waals surface area contributed by atoms with Gasteiger partial charge in [0.2, 0.25) is 5.79 Å². The van der Waals surface area contributed by atoms with Crippen LogP contribution in [0.1, 0.15) is 50.4 Å². The van der Waals surface area contributed by atoms with Crippen LogP contribution in [0.5, 0.6) is 5.75 Å². The Morgan fingerprint density at radius 3 is 2.71 bits per heavy atom. The zero-order chi connectivity index (χ0) is 22.3. The Morgan fingerprint density at radius 1 is 1.26 bits per heavy atom. The van der Waals surface area contributed by atoms with E-state index in [0.717, 1.165) is 25.7 Å². The summed E-state index contributed by atoms with van der Waals surface area (Å²) in [6.45, 7) is 3.23. The molecule has 1 aromatic carbocycles. The molecule has 2 aliphatic heterocycles. The molecular formula is C23H30O8. The Hall–Kier alpha value is -2.26. The van der Waals surface area contributed by atoms with Crippen molar-refractivity contribution < 1.29 is 38.4 Å². The lowest BCUT2D eigenvalue weighted by Crippen LogP contribution is -2.44. The number of hydrogen-bond acceptors (Lipinski definition) is 8. The van der Waals surface area contributed by atoms with Gasteiger partial charge in [-0.25, -0.2) is 0 Å². The second-order valence-electron chi connectivity index (χ2n) is 7.69. The van der Waals surface area contributed by atoms with E-state index in [1.165, 1.54) is 0 Å². The molecular weight excluding hydrogens is 404 g/mol. The number of rotatable bonds is 12. The third-order valence-electron chi connectivity index (χ3n) is 5.44. The van der Waals surface area contributed by atoms with Crippen molar-refractivity contribution in [1.29, 1.82) is 0 Å². The van der Waals surface area contributed by atoms with Crippen LogP contribution in [0, 0.1) is 0 Å². The molecule has 2 aliphatic rings. The number of aliphatic hydroxyl groups excluding tert-OH is 1. The van der Waals surface area contributed by atoms with Gasteiger partial charge in [0.15, 0.2) is 18.5 Å². The molecule has 0 aliphatic carbocycles. The quantitative estimate of drug-likeness (QED) is 0.232. The minimum absolute atomic E-state index is 0.0159. The molecule has 0 spiro atoms. The van der Waals surface area contributed by atoms with Gasteiger partial charge < -0.3 is 28.8 Å². The minimum atomic E-state index is -1.41. The highest BCUT2D eigenvalue weighted by molar-refractivity contribution is 5.95. The summed E-state index contributed by atoms with van der Waals surface area (Å²) in [6, 6.07) is 7.10. The third-order valence-corrected chi connectivity index (χ3v) is 5.44. The molecule has 1 aromatic rings. The number of hydrogen-bond donors (Lipinski definition) is 1. The fraction of sp³-hybridized carbons (Fsp3) is 0.565. The molecule has 0 bridgehead atoms. The van der Waals surface area contributed by atoms with Crippen LogP contribution in [0.4, 0.5) is 0 Å². The molecule has 0 amide bonds. The number of carbonyl (C=O) groups excluding carboxylic acids is 2. The summed E-state index contributed by atoms with van der Waals surface area (Å²) >= 11 is 0. The zero-order valence-electron chi connectivity index (χ0n) is 17.8. The summed E-state index contributed by atoms with van der Waals surface area (Å²) in [6.07, 6.45) is 3.10. The molecule has 8 nitrogen and oxygen atoms in total. The van der Waals surface area contributed by atoms with Crippen LogP contribution < -0.4 is 4.74 Å². The van der Waals surface area contributed by atoms with Crippen LogP contribution in [0.15, 0.2) is 36.9 Å². The summed E-state index contributed by atoms with van der Waals surface area (Å²) < 4.78 is 28.0. The van der Waals surface area contributed by atoms with E-state index in [9.17, 15) is 14.7 Å². The summed E-state index contributed by atoms with van der Waals surface area (Å²) in [4.78, 5) is 24.3. The van der Waals surface area contributed by atoms with Gasteiger partial charge in [-0.15, -0.1) is 6.58 Å². The maximum Gasteiger partial charge on any atom is 0.313 e. The number of esters is 1. The largest absolute Gasteiger partial charge is 0.497 e. The number of ketones is 1. The first-order valence-corrected chi connectivity index (χ1v) is 10.6. The van der Waals surface area contributed by atoms with Gasteiger partial charge in [-0.05, 0) is 31.4 Å². The normalized spacial score (nSPS) is 27.0. The summed E-state index contributed by atoms with van der Waals surface area (Å²) in [5.74, 6) is -1.51. The highest BCUT2D eigenvalue weighted by Crippen LogP contribution is 2.45. The van der Waals surface area contributed by atoms with E-state index in [1.54, 1.807) is 31.4 Å². The first-order chi connectivity index (χ1) is 15.0. The van der Waals surface area contributed by atoms with Crippen molar-refractivity contribution in [3.05, 3.63) is 42.5 Å². The average Bonchev–Trinajstić information content (AvgIpc) is 3.31. The van der Waals surface area contributed by atoms with Crippen LogP contribution in [0.25, 0.3) is 0 Å². The average molecular weight is 434 g/mol. The van der Waals surface area contributed by atoms with Gasteiger partial charge in [0.1, 0.15) is 24.6 Å². The Kier molecular flexibility index (Phi) is 8.20. The van der Waals surface area contributed by atoms with Crippen LogP contribution >= 0.6 is 0 Å². The number of Topliss-reactive ketones (excluding diaryl/α,β-unsaturated/α-hetero) is 1. The number of unbranched alkanes of at least 4 members (excludes halogenated alkanes) is 3. The van der Waals surface area contributed by atoms with E-state index in [4.69, 9.17) is 23.7 Å². The van der Waals surface area contributed by atoms with E-state index in [1.807, 2.05) is 6.08 Å². The fourth-order valence-electron chi connectivity index (χ4n) is 3.73. The van der Waals surface area contributed by atoms with E-state index in [2.05, 4.69) is 6.58 Å². The monoisotopic (exact) mass is 434 g/mol. The Labute approximate surface area is 182 Å². The van der Waals surface area contributed by atoms with Gasteiger partial charge in [0.25, 0.3) is 0 Å². The lowest BCUT2D eigenvalue weighted by Gasteiger charge is -2.23. The smallest absolute Gasteiger partial charge is 0.313 e. The number of ether oxygens (including phenoxy) is 5. The van der Waals surface area contributed by atoms with Crippen molar-refractivity contribution in [1.82, 2.24) is 0 Å². The number of carbonyl (C=O) groups is 2. The molecule has 4 atom stereocenters. The Balaban J connectivity index is 1.52.